The van der Waals surface area contributed by atoms with E-state index in [1.807, 2.05) is 20.8 Å². The highest BCUT2D eigenvalue weighted by Gasteiger charge is 2.35. The van der Waals surface area contributed by atoms with Crippen molar-refractivity contribution in [3.05, 3.63) is 0 Å². The number of alkyl carbamates (subject to hydrolysis) is 1. The third kappa shape index (κ3) is 4.58. The zero-order valence-electron chi connectivity index (χ0n) is 10.6. The van der Waals surface area contributed by atoms with Gasteiger partial charge in [-0.15, -0.1) is 12.4 Å². The van der Waals surface area contributed by atoms with Gasteiger partial charge in [-0.25, -0.2) is 4.79 Å². The highest BCUT2D eigenvalue weighted by Crippen LogP contribution is 2.25. The Kier molecular flexibility index (Phi) is 5.56. The number of carbonyl (C=O) groups is 1. The molecule has 0 aromatic rings. The second-order valence-corrected chi connectivity index (χ2v) is 5.31. The molecule has 0 unspecified atom stereocenters. The fraction of sp³-hybridized carbons (Fsp3) is 0.909. The number of halogens is 1. The van der Waals surface area contributed by atoms with E-state index in [4.69, 9.17) is 4.74 Å². The molecule has 1 saturated heterocycles. The maximum Gasteiger partial charge on any atom is 0.407 e. The summed E-state index contributed by atoms with van der Waals surface area (Å²) in [5, 5.41) is 6.06. The van der Waals surface area contributed by atoms with Gasteiger partial charge in [0.1, 0.15) is 5.60 Å². The first kappa shape index (κ1) is 15.5. The van der Waals surface area contributed by atoms with Gasteiger partial charge in [-0.2, -0.15) is 0 Å². The van der Waals surface area contributed by atoms with E-state index < -0.39 is 5.60 Å². The lowest BCUT2D eigenvalue weighted by Crippen LogP contribution is -2.58. The first-order valence-electron chi connectivity index (χ1n) is 5.54. The molecule has 0 aromatic carbocycles. The summed E-state index contributed by atoms with van der Waals surface area (Å²) in [5.74, 6) is 0. The Labute approximate surface area is 104 Å². The van der Waals surface area contributed by atoms with E-state index in [1.54, 1.807) is 0 Å². The number of nitrogens with one attached hydrogen (secondary N) is 2. The second kappa shape index (κ2) is 5.73. The van der Waals surface area contributed by atoms with E-state index in [1.165, 1.54) is 0 Å². The number of hydrogen-bond donors (Lipinski definition) is 2. The first-order valence-corrected chi connectivity index (χ1v) is 5.54. The van der Waals surface area contributed by atoms with Crippen molar-refractivity contribution in [2.75, 3.05) is 19.6 Å². The monoisotopic (exact) mass is 250 g/mol. The molecular weight excluding hydrogens is 228 g/mol. The zero-order chi connectivity index (χ0) is 11.5. The molecule has 4 nitrogen and oxygen atoms in total. The van der Waals surface area contributed by atoms with E-state index in [9.17, 15) is 4.79 Å². The van der Waals surface area contributed by atoms with Gasteiger partial charge in [0.2, 0.25) is 0 Å². The van der Waals surface area contributed by atoms with Crippen LogP contribution < -0.4 is 10.6 Å². The van der Waals surface area contributed by atoms with E-state index in [2.05, 4.69) is 17.6 Å². The van der Waals surface area contributed by atoms with E-state index in [-0.39, 0.29) is 23.9 Å². The summed E-state index contributed by atoms with van der Waals surface area (Å²) in [4.78, 5) is 11.4. The zero-order valence-corrected chi connectivity index (χ0v) is 11.4. The molecule has 1 amide bonds. The van der Waals surface area contributed by atoms with Crippen LogP contribution in [0, 0.1) is 5.41 Å². The van der Waals surface area contributed by atoms with Crippen LogP contribution in [0.25, 0.3) is 0 Å². The average molecular weight is 251 g/mol. The van der Waals surface area contributed by atoms with Crippen LogP contribution in [0.3, 0.4) is 0 Å². The summed E-state index contributed by atoms with van der Waals surface area (Å²) in [5.41, 5.74) is -0.168. The van der Waals surface area contributed by atoms with Gasteiger partial charge in [0.15, 0.2) is 0 Å². The van der Waals surface area contributed by atoms with Gasteiger partial charge in [-0.05, 0) is 27.2 Å². The van der Waals surface area contributed by atoms with Gasteiger partial charge in [-0.3, -0.25) is 0 Å². The summed E-state index contributed by atoms with van der Waals surface area (Å²) in [6.45, 7) is 10.4. The van der Waals surface area contributed by atoms with E-state index in [0.717, 1.165) is 19.5 Å². The largest absolute Gasteiger partial charge is 0.444 e. The Morgan fingerprint density at radius 2 is 2.00 bits per heavy atom. The summed E-state index contributed by atoms with van der Waals surface area (Å²) in [6.07, 6.45) is 0.762. The summed E-state index contributed by atoms with van der Waals surface area (Å²) < 4.78 is 5.18. The SMILES string of the molecule is CCC1(CNC(=O)OC(C)(C)C)CNC1.Cl. The molecule has 0 bridgehead atoms. The molecule has 1 aliphatic rings. The first-order chi connectivity index (χ1) is 6.87. The van der Waals surface area contributed by atoms with Crippen molar-refractivity contribution in [3.8, 4) is 0 Å². The summed E-state index contributed by atoms with van der Waals surface area (Å²) >= 11 is 0. The Morgan fingerprint density at radius 1 is 1.44 bits per heavy atom. The van der Waals surface area contributed by atoms with Crippen molar-refractivity contribution in [1.29, 1.82) is 0 Å². The van der Waals surface area contributed by atoms with Crippen LogP contribution in [0.1, 0.15) is 34.1 Å². The highest BCUT2D eigenvalue weighted by atomic mass is 35.5. The second-order valence-electron chi connectivity index (χ2n) is 5.31. The molecule has 0 atom stereocenters. The lowest BCUT2D eigenvalue weighted by molar-refractivity contribution is 0.0471. The molecule has 96 valence electrons. The maximum absolute atomic E-state index is 11.4. The Hall–Kier alpha value is -0.480. The molecule has 1 rings (SSSR count). The Balaban J connectivity index is 0.00000225. The van der Waals surface area contributed by atoms with Crippen molar-refractivity contribution in [2.45, 2.75) is 39.7 Å². The molecule has 0 aromatic heterocycles. The number of rotatable bonds is 3. The van der Waals surface area contributed by atoms with Gasteiger partial charge in [0.05, 0.1) is 0 Å². The van der Waals surface area contributed by atoms with Gasteiger partial charge in [-0.1, -0.05) is 6.92 Å². The van der Waals surface area contributed by atoms with Crippen LogP contribution in [-0.4, -0.2) is 31.3 Å². The minimum atomic E-state index is -0.415. The normalized spacial score (nSPS) is 18.0. The summed E-state index contributed by atoms with van der Waals surface area (Å²) in [7, 11) is 0. The third-order valence-corrected chi connectivity index (χ3v) is 2.76. The number of amides is 1. The van der Waals surface area contributed by atoms with Crippen molar-refractivity contribution in [2.24, 2.45) is 5.41 Å². The smallest absolute Gasteiger partial charge is 0.407 e. The van der Waals surface area contributed by atoms with Crippen molar-refractivity contribution in [3.63, 3.8) is 0 Å². The third-order valence-electron chi connectivity index (χ3n) is 2.76. The molecule has 1 fully saturated rings. The molecule has 0 aliphatic carbocycles. The van der Waals surface area contributed by atoms with Crippen LogP contribution >= 0.6 is 12.4 Å². The van der Waals surface area contributed by atoms with Gasteiger partial charge >= 0.3 is 6.09 Å². The predicted octanol–water partition coefficient (Wildman–Crippen LogP) is 1.93. The van der Waals surface area contributed by atoms with Crippen molar-refractivity contribution < 1.29 is 9.53 Å². The van der Waals surface area contributed by atoms with E-state index >= 15 is 0 Å². The fourth-order valence-corrected chi connectivity index (χ4v) is 1.55. The molecule has 16 heavy (non-hydrogen) atoms. The van der Waals surface area contributed by atoms with E-state index in [0.29, 0.717) is 6.54 Å². The van der Waals surface area contributed by atoms with Crippen LogP contribution in [0.5, 0.6) is 0 Å². The fourth-order valence-electron chi connectivity index (χ4n) is 1.55. The van der Waals surface area contributed by atoms with Gasteiger partial charge in [0.25, 0.3) is 0 Å². The number of carbonyl (C=O) groups excluding carboxylic acids is 1. The molecule has 5 heteroatoms. The molecule has 2 N–H and O–H groups in total. The molecular formula is C11H23ClN2O2. The highest BCUT2D eigenvalue weighted by molar-refractivity contribution is 5.85. The average Bonchev–Trinajstić information content (AvgIpc) is 1.99. The van der Waals surface area contributed by atoms with Crippen molar-refractivity contribution in [1.82, 2.24) is 10.6 Å². The topological polar surface area (TPSA) is 50.4 Å². The predicted molar refractivity (Wildman–Crippen MR) is 67.1 cm³/mol. The van der Waals surface area contributed by atoms with Gasteiger partial charge in [0, 0.05) is 25.0 Å². The standard InChI is InChI=1S/C11H22N2O2.ClH/c1-5-11(6-12-7-11)8-13-9(14)15-10(2,3)4;/h12H,5-8H2,1-4H3,(H,13,14);1H. The molecule has 1 heterocycles. The van der Waals surface area contributed by atoms with Crippen molar-refractivity contribution >= 4 is 18.5 Å². The van der Waals surface area contributed by atoms with Crippen LogP contribution in [0.4, 0.5) is 4.79 Å². The lowest BCUT2D eigenvalue weighted by Gasteiger charge is -2.42. The number of ether oxygens (including phenoxy) is 1. The Bertz CT molecular complexity index is 229. The number of hydrogen-bond acceptors (Lipinski definition) is 3. The lowest BCUT2D eigenvalue weighted by atomic mass is 9.79. The Morgan fingerprint density at radius 3 is 2.31 bits per heavy atom. The molecule has 0 saturated carbocycles. The molecule has 0 spiro atoms. The van der Waals surface area contributed by atoms with Crippen LogP contribution in [-0.2, 0) is 4.74 Å². The molecule has 1 aliphatic heterocycles. The van der Waals surface area contributed by atoms with Crippen LogP contribution in [0.15, 0.2) is 0 Å². The summed E-state index contributed by atoms with van der Waals surface area (Å²) in [6, 6.07) is 0. The van der Waals surface area contributed by atoms with Crippen LogP contribution in [0.2, 0.25) is 0 Å². The quantitative estimate of drug-likeness (QED) is 0.805. The van der Waals surface area contributed by atoms with Gasteiger partial charge < -0.3 is 15.4 Å². The maximum atomic E-state index is 11.4. The minimum Gasteiger partial charge on any atom is -0.444 e. The minimum absolute atomic E-state index is 0. The molecule has 0 radical (unpaired) electrons.